The maximum absolute atomic E-state index is 12.5. The molecule has 0 fully saturated rings. The van der Waals surface area contributed by atoms with Crippen molar-refractivity contribution in [3.63, 3.8) is 0 Å². The summed E-state index contributed by atoms with van der Waals surface area (Å²) in [5.74, 6) is -0.0893. The Kier molecular flexibility index (Phi) is 4.67. The Morgan fingerprint density at radius 3 is 2.59 bits per heavy atom. The average molecular weight is 335 g/mol. The lowest BCUT2D eigenvalue weighted by molar-refractivity contribution is -0.137. The second-order valence-electron chi connectivity index (χ2n) is 4.14. The van der Waals surface area contributed by atoms with E-state index in [-0.39, 0.29) is 29.7 Å². The lowest BCUT2D eigenvalue weighted by Gasteiger charge is -2.10. The third kappa shape index (κ3) is 3.37. The lowest BCUT2D eigenvalue weighted by Crippen LogP contribution is -2.24. The molecule has 0 saturated carbocycles. The van der Waals surface area contributed by atoms with E-state index in [1.165, 1.54) is 6.20 Å². The van der Waals surface area contributed by atoms with Crippen molar-refractivity contribution in [3.8, 4) is 5.82 Å². The van der Waals surface area contributed by atoms with E-state index in [1.54, 1.807) is 0 Å². The van der Waals surface area contributed by atoms with E-state index in [0.29, 0.717) is 6.20 Å². The molecule has 0 aliphatic heterocycles. The van der Waals surface area contributed by atoms with Crippen molar-refractivity contribution < 1.29 is 18.3 Å². The van der Waals surface area contributed by atoms with Crippen LogP contribution in [0.5, 0.6) is 0 Å². The Balaban J connectivity index is 2.37. The number of aliphatic hydroxyl groups excluding tert-OH is 1. The summed E-state index contributed by atoms with van der Waals surface area (Å²) in [7, 11) is 0. The molecule has 0 spiro atoms. The van der Waals surface area contributed by atoms with E-state index < -0.39 is 17.3 Å². The molecular weight excluding hydrogens is 325 g/mol. The van der Waals surface area contributed by atoms with Crippen LogP contribution in [-0.4, -0.2) is 33.0 Å². The first-order valence-corrected chi connectivity index (χ1v) is 6.38. The lowest BCUT2D eigenvalue weighted by atomic mass is 10.3. The first-order chi connectivity index (χ1) is 10.3. The summed E-state index contributed by atoms with van der Waals surface area (Å²) in [6.45, 7) is 0.00323. The van der Waals surface area contributed by atoms with Gasteiger partial charge in [0.1, 0.15) is 5.02 Å². The van der Waals surface area contributed by atoms with E-state index in [2.05, 4.69) is 15.4 Å². The van der Waals surface area contributed by atoms with E-state index in [0.717, 1.165) is 16.8 Å². The number of aliphatic hydroxyl groups is 1. The maximum atomic E-state index is 12.5. The largest absolute Gasteiger partial charge is 0.417 e. The third-order valence-corrected chi connectivity index (χ3v) is 3.00. The quantitative estimate of drug-likeness (QED) is 0.889. The molecule has 0 amide bonds. The van der Waals surface area contributed by atoms with Crippen LogP contribution in [0.15, 0.2) is 29.3 Å². The molecule has 118 valence electrons. The molecule has 0 aliphatic rings. The molecule has 22 heavy (non-hydrogen) atoms. The van der Waals surface area contributed by atoms with E-state index in [9.17, 15) is 18.0 Å². The van der Waals surface area contributed by atoms with Crippen molar-refractivity contribution in [2.24, 2.45) is 0 Å². The van der Waals surface area contributed by atoms with Gasteiger partial charge in [0, 0.05) is 12.7 Å². The molecule has 0 saturated heterocycles. The van der Waals surface area contributed by atoms with Crippen molar-refractivity contribution in [3.05, 3.63) is 45.5 Å². The van der Waals surface area contributed by atoms with Crippen LogP contribution >= 0.6 is 11.6 Å². The highest BCUT2D eigenvalue weighted by Gasteiger charge is 2.30. The standard InChI is InChI=1S/C12H10ClF3N4O2/c13-10-8(17-3-4-21)6-19-20(11(10)22)9-2-1-7(5-18-9)12(14,15)16/h1-2,5-6,17,21H,3-4H2. The number of halogens is 4. The maximum Gasteiger partial charge on any atom is 0.417 e. The van der Waals surface area contributed by atoms with Crippen molar-refractivity contribution in [2.75, 3.05) is 18.5 Å². The minimum Gasteiger partial charge on any atom is -0.395 e. The molecule has 10 heteroatoms. The normalized spacial score (nSPS) is 11.5. The van der Waals surface area contributed by atoms with E-state index >= 15 is 0 Å². The monoisotopic (exact) mass is 334 g/mol. The van der Waals surface area contributed by atoms with Gasteiger partial charge in [-0.1, -0.05) is 11.6 Å². The number of aromatic nitrogens is 3. The molecule has 2 heterocycles. The first kappa shape index (κ1) is 16.2. The van der Waals surface area contributed by atoms with Gasteiger partial charge in [-0.3, -0.25) is 4.79 Å². The van der Waals surface area contributed by atoms with Crippen molar-refractivity contribution in [2.45, 2.75) is 6.18 Å². The first-order valence-electron chi connectivity index (χ1n) is 6.01. The van der Waals surface area contributed by atoms with E-state index in [1.807, 2.05) is 0 Å². The van der Waals surface area contributed by atoms with E-state index in [4.69, 9.17) is 16.7 Å². The zero-order valence-electron chi connectivity index (χ0n) is 10.9. The second-order valence-corrected chi connectivity index (χ2v) is 4.52. The number of pyridine rings is 1. The molecule has 2 N–H and O–H groups in total. The summed E-state index contributed by atoms with van der Waals surface area (Å²) < 4.78 is 38.2. The van der Waals surface area contributed by atoms with Gasteiger partial charge in [0.15, 0.2) is 5.82 Å². The number of nitrogens with one attached hydrogen (secondary N) is 1. The summed E-state index contributed by atoms with van der Waals surface area (Å²) in [6.07, 6.45) is -2.69. The molecule has 2 aromatic rings. The Labute approximate surface area is 127 Å². The van der Waals surface area contributed by atoms with Crippen LogP contribution in [0.1, 0.15) is 5.56 Å². The van der Waals surface area contributed by atoms with Crippen molar-refractivity contribution in [1.82, 2.24) is 14.8 Å². The van der Waals surface area contributed by atoms with Crippen LogP contribution in [0.25, 0.3) is 5.82 Å². The molecular formula is C12H10ClF3N4O2. The molecule has 0 radical (unpaired) electrons. The topological polar surface area (TPSA) is 80.0 Å². The zero-order chi connectivity index (χ0) is 16.3. The Hall–Kier alpha value is -2.13. The van der Waals surface area contributed by atoms with Crippen LogP contribution in [0.2, 0.25) is 5.02 Å². The minimum atomic E-state index is -4.51. The highest BCUT2D eigenvalue weighted by molar-refractivity contribution is 6.32. The molecule has 0 aromatic carbocycles. The highest BCUT2D eigenvalue weighted by atomic mass is 35.5. The zero-order valence-corrected chi connectivity index (χ0v) is 11.7. The summed E-state index contributed by atoms with van der Waals surface area (Å²) in [5.41, 5.74) is -1.46. The SMILES string of the molecule is O=c1c(Cl)c(NCCO)cnn1-c1ccc(C(F)(F)F)cn1. The minimum absolute atomic E-state index is 0.0893. The van der Waals surface area contributed by atoms with Gasteiger partial charge < -0.3 is 10.4 Å². The highest BCUT2D eigenvalue weighted by Crippen LogP contribution is 2.28. The summed E-state index contributed by atoms with van der Waals surface area (Å²) in [6, 6.07) is 1.82. The van der Waals surface area contributed by atoms with Crippen LogP contribution in [0.4, 0.5) is 18.9 Å². The fourth-order valence-corrected chi connectivity index (χ4v) is 1.78. The van der Waals surface area contributed by atoms with Crippen LogP contribution in [0.3, 0.4) is 0 Å². The van der Waals surface area contributed by atoms with Crippen molar-refractivity contribution in [1.29, 1.82) is 0 Å². The Bertz CT molecular complexity index is 716. The van der Waals surface area contributed by atoms with Crippen LogP contribution < -0.4 is 10.9 Å². The number of nitrogens with zero attached hydrogens (tertiary/aromatic N) is 3. The molecule has 0 aliphatic carbocycles. The predicted molar refractivity (Wildman–Crippen MR) is 73.2 cm³/mol. The fraction of sp³-hybridized carbons (Fsp3) is 0.250. The van der Waals surface area contributed by atoms with Gasteiger partial charge in [-0.15, -0.1) is 0 Å². The number of anilines is 1. The molecule has 0 unspecified atom stereocenters. The number of hydrogen-bond donors (Lipinski definition) is 2. The van der Waals surface area contributed by atoms with Gasteiger partial charge in [-0.2, -0.15) is 23.0 Å². The summed E-state index contributed by atoms with van der Waals surface area (Å²) in [4.78, 5) is 15.6. The van der Waals surface area contributed by atoms with Gasteiger partial charge in [0.25, 0.3) is 5.56 Å². The summed E-state index contributed by atoms with van der Waals surface area (Å²) >= 11 is 5.86. The van der Waals surface area contributed by atoms with Crippen LogP contribution in [-0.2, 0) is 6.18 Å². The van der Waals surface area contributed by atoms with Gasteiger partial charge in [-0.05, 0) is 12.1 Å². The number of alkyl halides is 3. The molecule has 0 bridgehead atoms. The predicted octanol–water partition coefficient (Wildman–Crippen LogP) is 1.70. The van der Waals surface area contributed by atoms with Crippen LogP contribution in [0, 0.1) is 0 Å². The molecule has 0 atom stereocenters. The Morgan fingerprint density at radius 1 is 1.32 bits per heavy atom. The number of rotatable bonds is 4. The molecule has 2 rings (SSSR count). The van der Waals surface area contributed by atoms with Gasteiger partial charge in [-0.25, -0.2) is 4.98 Å². The van der Waals surface area contributed by atoms with Crippen molar-refractivity contribution >= 4 is 17.3 Å². The average Bonchev–Trinajstić information content (AvgIpc) is 2.48. The fourth-order valence-electron chi connectivity index (χ4n) is 1.59. The van der Waals surface area contributed by atoms with Gasteiger partial charge >= 0.3 is 6.18 Å². The second kappa shape index (κ2) is 6.32. The molecule has 2 aromatic heterocycles. The van der Waals surface area contributed by atoms with Gasteiger partial charge in [0.05, 0.1) is 24.1 Å². The molecule has 6 nitrogen and oxygen atoms in total. The van der Waals surface area contributed by atoms with Gasteiger partial charge in [0.2, 0.25) is 0 Å². The number of hydrogen-bond acceptors (Lipinski definition) is 5. The Morgan fingerprint density at radius 2 is 2.05 bits per heavy atom. The smallest absolute Gasteiger partial charge is 0.395 e. The third-order valence-electron chi connectivity index (χ3n) is 2.64. The summed E-state index contributed by atoms with van der Waals surface area (Å²) in [5, 5.41) is 15.0.